The van der Waals surface area contributed by atoms with E-state index in [9.17, 15) is 10.4 Å². The highest BCUT2D eigenvalue weighted by atomic mass is 16.4. The first kappa shape index (κ1) is 11.2. The average molecular weight is 219 g/mol. The van der Waals surface area contributed by atoms with Gasteiger partial charge in [-0.25, -0.2) is 0 Å². The van der Waals surface area contributed by atoms with Crippen LogP contribution in [-0.2, 0) is 0 Å². The van der Waals surface area contributed by atoms with Gasteiger partial charge < -0.3 is 9.52 Å². The van der Waals surface area contributed by atoms with E-state index in [2.05, 4.69) is 13.0 Å². The molecule has 1 N–H and O–H groups in total. The second-order valence-electron chi connectivity index (χ2n) is 4.99. The predicted octanol–water partition coefficient (Wildman–Crippen LogP) is 2.95. The normalized spacial score (nSPS) is 31.2. The van der Waals surface area contributed by atoms with Crippen molar-refractivity contribution >= 4 is 0 Å². The van der Waals surface area contributed by atoms with Crippen molar-refractivity contribution in [3.05, 3.63) is 23.7 Å². The molecule has 3 heteroatoms. The first-order valence-electron chi connectivity index (χ1n) is 5.72. The zero-order valence-electron chi connectivity index (χ0n) is 9.73. The fourth-order valence-electron chi connectivity index (χ4n) is 2.66. The molecular formula is C13H17NO2. The van der Waals surface area contributed by atoms with E-state index in [1.165, 1.54) is 0 Å². The average Bonchev–Trinajstić information content (AvgIpc) is 2.84. The number of aryl methyl sites for hydroxylation is 1. The van der Waals surface area contributed by atoms with Crippen molar-refractivity contribution in [2.24, 2.45) is 11.3 Å². The van der Waals surface area contributed by atoms with Crippen molar-refractivity contribution in [1.29, 1.82) is 5.26 Å². The molecular weight excluding hydrogens is 202 g/mol. The molecule has 1 saturated carbocycles. The van der Waals surface area contributed by atoms with Gasteiger partial charge in [-0.05, 0) is 43.7 Å². The predicted molar refractivity (Wildman–Crippen MR) is 59.5 cm³/mol. The summed E-state index contributed by atoms with van der Waals surface area (Å²) >= 11 is 0. The number of aliphatic hydroxyl groups is 1. The van der Waals surface area contributed by atoms with Crippen molar-refractivity contribution in [3.8, 4) is 6.07 Å². The molecule has 0 amide bonds. The van der Waals surface area contributed by atoms with E-state index in [4.69, 9.17) is 4.42 Å². The molecule has 0 spiro atoms. The van der Waals surface area contributed by atoms with E-state index in [0.29, 0.717) is 11.7 Å². The van der Waals surface area contributed by atoms with Gasteiger partial charge in [-0.15, -0.1) is 0 Å². The zero-order chi connectivity index (χ0) is 11.8. The molecule has 1 aliphatic carbocycles. The lowest BCUT2D eigenvalue weighted by atomic mass is 9.79. The van der Waals surface area contributed by atoms with Crippen LogP contribution in [0.4, 0.5) is 0 Å². The molecule has 0 saturated heterocycles. The topological polar surface area (TPSA) is 57.2 Å². The minimum absolute atomic E-state index is 0.504. The van der Waals surface area contributed by atoms with Gasteiger partial charge >= 0.3 is 0 Å². The first-order valence-corrected chi connectivity index (χ1v) is 5.72. The van der Waals surface area contributed by atoms with Crippen LogP contribution in [0.2, 0.25) is 0 Å². The SMILES string of the molecule is Cc1ccoc1C(O)C1(C#N)CCC(C)C1. The molecule has 0 aromatic carbocycles. The second-order valence-corrected chi connectivity index (χ2v) is 4.99. The van der Waals surface area contributed by atoms with Crippen molar-refractivity contribution < 1.29 is 9.52 Å². The summed E-state index contributed by atoms with van der Waals surface area (Å²) in [6.45, 7) is 4.02. The Kier molecular flexibility index (Phi) is 2.77. The molecule has 1 heterocycles. The van der Waals surface area contributed by atoms with E-state index < -0.39 is 11.5 Å². The lowest BCUT2D eigenvalue weighted by molar-refractivity contribution is 0.0449. The summed E-state index contributed by atoms with van der Waals surface area (Å²) in [6.07, 6.45) is 3.29. The van der Waals surface area contributed by atoms with Gasteiger partial charge in [-0.1, -0.05) is 6.92 Å². The third-order valence-corrected chi connectivity index (χ3v) is 3.69. The van der Waals surface area contributed by atoms with Gasteiger partial charge in [-0.2, -0.15) is 5.26 Å². The van der Waals surface area contributed by atoms with Crippen molar-refractivity contribution in [2.45, 2.75) is 39.2 Å². The Bertz CT molecular complexity index is 418. The molecule has 1 aliphatic rings. The maximum atomic E-state index is 10.3. The van der Waals surface area contributed by atoms with Gasteiger partial charge in [0.25, 0.3) is 0 Å². The van der Waals surface area contributed by atoms with Gasteiger partial charge in [0.2, 0.25) is 0 Å². The number of nitriles is 1. The number of nitrogens with zero attached hydrogens (tertiary/aromatic N) is 1. The molecule has 3 atom stereocenters. The fraction of sp³-hybridized carbons (Fsp3) is 0.615. The molecule has 0 aliphatic heterocycles. The largest absolute Gasteiger partial charge is 0.466 e. The van der Waals surface area contributed by atoms with E-state index in [1.807, 2.05) is 13.0 Å². The fourth-order valence-corrected chi connectivity index (χ4v) is 2.66. The van der Waals surface area contributed by atoms with E-state index >= 15 is 0 Å². The quantitative estimate of drug-likeness (QED) is 0.831. The summed E-state index contributed by atoms with van der Waals surface area (Å²) in [5.74, 6) is 1.06. The third kappa shape index (κ3) is 1.64. The van der Waals surface area contributed by atoms with Crippen LogP contribution in [0, 0.1) is 29.6 Å². The van der Waals surface area contributed by atoms with E-state index in [0.717, 1.165) is 24.8 Å². The highest BCUT2D eigenvalue weighted by Crippen LogP contribution is 2.49. The minimum atomic E-state index is -0.794. The highest BCUT2D eigenvalue weighted by molar-refractivity contribution is 5.23. The Hall–Kier alpha value is -1.27. The standard InChI is InChI=1S/C13H17NO2/c1-9-3-5-13(7-9,8-14)12(15)11-10(2)4-6-16-11/h4,6,9,12,15H,3,5,7H2,1-2H3. The van der Waals surface area contributed by atoms with Gasteiger partial charge in [0.1, 0.15) is 11.9 Å². The minimum Gasteiger partial charge on any atom is -0.466 e. The number of furan rings is 1. The third-order valence-electron chi connectivity index (χ3n) is 3.69. The van der Waals surface area contributed by atoms with Gasteiger partial charge in [-0.3, -0.25) is 0 Å². The van der Waals surface area contributed by atoms with Crippen LogP contribution < -0.4 is 0 Å². The number of hydrogen-bond donors (Lipinski definition) is 1. The zero-order valence-corrected chi connectivity index (χ0v) is 9.73. The van der Waals surface area contributed by atoms with Crippen LogP contribution in [0.3, 0.4) is 0 Å². The molecule has 0 radical (unpaired) electrons. The van der Waals surface area contributed by atoms with E-state index in [1.54, 1.807) is 6.26 Å². The van der Waals surface area contributed by atoms with Crippen LogP contribution in [-0.4, -0.2) is 5.11 Å². The smallest absolute Gasteiger partial charge is 0.136 e. The summed E-state index contributed by atoms with van der Waals surface area (Å²) in [6, 6.07) is 4.13. The molecule has 3 nitrogen and oxygen atoms in total. The molecule has 0 bridgehead atoms. The second kappa shape index (κ2) is 3.95. The van der Waals surface area contributed by atoms with Crippen LogP contribution in [0.5, 0.6) is 0 Å². The molecule has 1 aromatic heterocycles. The monoisotopic (exact) mass is 219 g/mol. The molecule has 3 unspecified atom stereocenters. The summed E-state index contributed by atoms with van der Waals surface area (Å²) in [4.78, 5) is 0. The van der Waals surface area contributed by atoms with Crippen LogP contribution in [0.25, 0.3) is 0 Å². The Balaban J connectivity index is 2.30. The van der Waals surface area contributed by atoms with Crippen molar-refractivity contribution in [1.82, 2.24) is 0 Å². The number of aliphatic hydroxyl groups excluding tert-OH is 1. The molecule has 1 aromatic rings. The van der Waals surface area contributed by atoms with Crippen molar-refractivity contribution in [2.75, 3.05) is 0 Å². The first-order chi connectivity index (χ1) is 7.59. The Morgan fingerprint density at radius 3 is 2.88 bits per heavy atom. The van der Waals surface area contributed by atoms with Gasteiger partial charge in [0.15, 0.2) is 0 Å². The Morgan fingerprint density at radius 1 is 1.69 bits per heavy atom. The lowest BCUT2D eigenvalue weighted by Gasteiger charge is -2.26. The highest BCUT2D eigenvalue weighted by Gasteiger charge is 2.46. The number of hydrogen-bond acceptors (Lipinski definition) is 3. The number of rotatable bonds is 2. The van der Waals surface area contributed by atoms with Crippen LogP contribution >= 0.6 is 0 Å². The maximum absolute atomic E-state index is 10.3. The summed E-state index contributed by atoms with van der Waals surface area (Å²) in [5.41, 5.74) is 0.267. The Morgan fingerprint density at radius 2 is 2.44 bits per heavy atom. The van der Waals surface area contributed by atoms with Crippen molar-refractivity contribution in [3.63, 3.8) is 0 Å². The van der Waals surface area contributed by atoms with E-state index in [-0.39, 0.29) is 0 Å². The lowest BCUT2D eigenvalue weighted by Crippen LogP contribution is -2.24. The maximum Gasteiger partial charge on any atom is 0.136 e. The van der Waals surface area contributed by atoms with Crippen LogP contribution in [0.1, 0.15) is 43.6 Å². The molecule has 1 fully saturated rings. The summed E-state index contributed by atoms with van der Waals surface area (Å²) in [7, 11) is 0. The van der Waals surface area contributed by atoms with Crippen LogP contribution in [0.15, 0.2) is 16.7 Å². The summed E-state index contributed by atoms with van der Waals surface area (Å²) in [5, 5.41) is 19.7. The molecule has 2 rings (SSSR count). The Labute approximate surface area is 95.7 Å². The van der Waals surface area contributed by atoms with Gasteiger partial charge in [0, 0.05) is 0 Å². The molecule has 86 valence electrons. The van der Waals surface area contributed by atoms with Gasteiger partial charge in [0.05, 0.1) is 17.7 Å². The summed E-state index contributed by atoms with van der Waals surface area (Å²) < 4.78 is 5.30. The molecule has 16 heavy (non-hydrogen) atoms.